The first-order valence-corrected chi connectivity index (χ1v) is 10.1. The normalized spacial score (nSPS) is 16.0. The molecular weight excluding hydrogens is 400 g/mol. The Hall–Kier alpha value is -3.39. The molecule has 3 rings (SSSR count). The van der Waals surface area contributed by atoms with E-state index in [-0.39, 0.29) is 30.0 Å². The van der Waals surface area contributed by atoms with Crippen LogP contribution < -0.4 is 15.4 Å². The molecule has 1 saturated heterocycles. The molecule has 8 nitrogen and oxygen atoms in total. The van der Waals surface area contributed by atoms with Crippen molar-refractivity contribution in [1.82, 2.24) is 10.6 Å². The van der Waals surface area contributed by atoms with Gasteiger partial charge in [0.25, 0.3) is 5.91 Å². The van der Waals surface area contributed by atoms with Gasteiger partial charge < -0.3 is 25.2 Å². The molecule has 1 atom stereocenters. The largest absolute Gasteiger partial charge is 0.484 e. The monoisotopic (exact) mass is 426 g/mol. The van der Waals surface area contributed by atoms with E-state index in [1.165, 1.54) is 12.1 Å². The van der Waals surface area contributed by atoms with E-state index in [0.717, 1.165) is 5.56 Å². The van der Waals surface area contributed by atoms with Crippen molar-refractivity contribution in [3.05, 3.63) is 65.7 Å². The van der Waals surface area contributed by atoms with Gasteiger partial charge in [0.1, 0.15) is 11.3 Å². The average Bonchev–Trinajstić information content (AvgIpc) is 2.79. The van der Waals surface area contributed by atoms with Gasteiger partial charge >= 0.3 is 5.97 Å². The maximum Gasteiger partial charge on any atom is 0.335 e. The maximum absolute atomic E-state index is 13.2. The van der Waals surface area contributed by atoms with Crippen LogP contribution in [0.1, 0.15) is 41.7 Å². The number of carbonyl (C=O) groups excluding carboxylic acids is 2. The first-order chi connectivity index (χ1) is 14.9. The highest BCUT2D eigenvalue weighted by atomic mass is 16.5. The number of aromatic carboxylic acids is 1. The number of carbonyl (C=O) groups is 3. The maximum atomic E-state index is 13.2. The molecule has 2 aromatic carbocycles. The van der Waals surface area contributed by atoms with Crippen LogP contribution in [0.4, 0.5) is 0 Å². The predicted molar refractivity (Wildman–Crippen MR) is 113 cm³/mol. The van der Waals surface area contributed by atoms with Gasteiger partial charge in [0, 0.05) is 26.1 Å². The van der Waals surface area contributed by atoms with Crippen LogP contribution in [0.15, 0.2) is 54.6 Å². The zero-order valence-corrected chi connectivity index (χ0v) is 17.3. The topological polar surface area (TPSA) is 114 Å². The number of benzene rings is 2. The molecule has 1 heterocycles. The van der Waals surface area contributed by atoms with Crippen molar-refractivity contribution >= 4 is 17.8 Å². The van der Waals surface area contributed by atoms with Crippen LogP contribution in [0.5, 0.6) is 5.75 Å². The van der Waals surface area contributed by atoms with Gasteiger partial charge in [-0.15, -0.1) is 0 Å². The fourth-order valence-corrected chi connectivity index (χ4v) is 3.43. The van der Waals surface area contributed by atoms with Crippen molar-refractivity contribution in [3.8, 4) is 5.75 Å². The molecule has 1 aliphatic heterocycles. The molecule has 0 aromatic heterocycles. The second kappa shape index (κ2) is 10.1. The number of hydrogen-bond donors (Lipinski definition) is 3. The lowest BCUT2D eigenvalue weighted by atomic mass is 9.88. The summed E-state index contributed by atoms with van der Waals surface area (Å²) in [6.07, 6.45) is 0.696. The van der Waals surface area contributed by atoms with E-state index in [0.29, 0.717) is 31.8 Å². The fourth-order valence-electron chi connectivity index (χ4n) is 3.43. The molecule has 1 fully saturated rings. The minimum absolute atomic E-state index is 0.175. The van der Waals surface area contributed by atoms with Crippen molar-refractivity contribution in [2.24, 2.45) is 0 Å². The second-order valence-electron chi connectivity index (χ2n) is 7.47. The van der Waals surface area contributed by atoms with Crippen LogP contribution in [0, 0.1) is 0 Å². The van der Waals surface area contributed by atoms with Gasteiger partial charge in [-0.05, 0) is 36.8 Å². The van der Waals surface area contributed by atoms with E-state index in [1.54, 1.807) is 31.2 Å². The first kappa shape index (κ1) is 22.3. The van der Waals surface area contributed by atoms with E-state index in [2.05, 4.69) is 10.6 Å². The summed E-state index contributed by atoms with van der Waals surface area (Å²) in [5, 5.41) is 14.8. The van der Waals surface area contributed by atoms with Crippen LogP contribution >= 0.6 is 0 Å². The molecule has 0 spiro atoms. The molecule has 0 bridgehead atoms. The molecule has 2 amide bonds. The summed E-state index contributed by atoms with van der Waals surface area (Å²) in [5.74, 6) is -1.13. The van der Waals surface area contributed by atoms with Gasteiger partial charge in [0.15, 0.2) is 6.61 Å². The molecular formula is C23H26N2O6. The number of carboxylic acid groups (broad SMARTS) is 1. The predicted octanol–water partition coefficient (Wildman–Crippen LogP) is 2.31. The van der Waals surface area contributed by atoms with Crippen molar-refractivity contribution in [2.45, 2.75) is 31.3 Å². The number of nitrogens with one attached hydrogen (secondary N) is 2. The number of para-hydroxylation sites is 1. The smallest absolute Gasteiger partial charge is 0.335 e. The summed E-state index contributed by atoms with van der Waals surface area (Å²) in [4.78, 5) is 36.7. The average molecular weight is 426 g/mol. The summed E-state index contributed by atoms with van der Waals surface area (Å²) in [7, 11) is 0. The van der Waals surface area contributed by atoms with Gasteiger partial charge in [-0.1, -0.05) is 30.3 Å². The van der Waals surface area contributed by atoms with E-state index in [9.17, 15) is 14.4 Å². The Balaban J connectivity index is 1.64. The molecule has 0 saturated carbocycles. The summed E-state index contributed by atoms with van der Waals surface area (Å²) in [6.45, 7) is 2.32. The van der Waals surface area contributed by atoms with E-state index in [1.807, 2.05) is 18.2 Å². The highest BCUT2D eigenvalue weighted by Gasteiger charge is 2.42. The van der Waals surface area contributed by atoms with Crippen molar-refractivity contribution in [3.63, 3.8) is 0 Å². The van der Waals surface area contributed by atoms with Gasteiger partial charge in [0.2, 0.25) is 5.91 Å². The van der Waals surface area contributed by atoms with Crippen LogP contribution in [0.2, 0.25) is 0 Å². The van der Waals surface area contributed by atoms with Gasteiger partial charge in [-0.25, -0.2) is 4.79 Å². The summed E-state index contributed by atoms with van der Waals surface area (Å²) in [6, 6.07) is 14.9. The summed E-state index contributed by atoms with van der Waals surface area (Å²) in [5.41, 5.74) is -0.155. The number of rotatable bonds is 8. The Morgan fingerprint density at radius 3 is 2.32 bits per heavy atom. The Bertz CT molecular complexity index is 907. The minimum Gasteiger partial charge on any atom is -0.484 e. The van der Waals surface area contributed by atoms with Crippen LogP contribution in [0.25, 0.3) is 0 Å². The third-order valence-electron chi connectivity index (χ3n) is 5.28. The molecule has 2 aromatic rings. The highest BCUT2D eigenvalue weighted by molar-refractivity contribution is 5.92. The fraction of sp³-hybridized carbons (Fsp3) is 0.348. The third-order valence-corrected chi connectivity index (χ3v) is 5.28. The zero-order valence-electron chi connectivity index (χ0n) is 17.3. The van der Waals surface area contributed by atoms with E-state index in [4.69, 9.17) is 14.6 Å². The zero-order chi connectivity index (χ0) is 22.3. The van der Waals surface area contributed by atoms with Crippen LogP contribution in [-0.4, -0.2) is 48.2 Å². The van der Waals surface area contributed by atoms with Crippen molar-refractivity contribution in [1.29, 1.82) is 0 Å². The van der Waals surface area contributed by atoms with E-state index < -0.39 is 11.5 Å². The second-order valence-corrected chi connectivity index (χ2v) is 7.47. The van der Waals surface area contributed by atoms with Gasteiger partial charge in [-0.2, -0.15) is 0 Å². The molecule has 31 heavy (non-hydrogen) atoms. The number of ether oxygens (including phenoxy) is 2. The number of carboxylic acids is 1. The molecule has 0 aliphatic carbocycles. The highest BCUT2D eigenvalue weighted by Crippen LogP contribution is 2.23. The first-order valence-electron chi connectivity index (χ1n) is 10.1. The molecule has 0 radical (unpaired) electrons. The minimum atomic E-state index is -1.09. The Morgan fingerprint density at radius 1 is 1.06 bits per heavy atom. The Labute approximate surface area is 180 Å². The lowest BCUT2D eigenvalue weighted by molar-refractivity contribution is -0.138. The van der Waals surface area contributed by atoms with Crippen molar-refractivity contribution in [2.75, 3.05) is 19.8 Å². The number of amides is 2. The van der Waals surface area contributed by atoms with Gasteiger partial charge in [-0.3, -0.25) is 9.59 Å². The van der Waals surface area contributed by atoms with Gasteiger partial charge in [0.05, 0.1) is 11.6 Å². The molecule has 1 aliphatic rings. The molecule has 8 heteroatoms. The van der Waals surface area contributed by atoms with E-state index >= 15 is 0 Å². The summed E-state index contributed by atoms with van der Waals surface area (Å²) >= 11 is 0. The third kappa shape index (κ3) is 5.82. The molecule has 164 valence electrons. The molecule has 0 unspecified atom stereocenters. The quantitative estimate of drug-likeness (QED) is 0.597. The SMILES string of the molecule is C[C@H](NC(=O)C1(NC(=O)COc2ccccc2)CCOCC1)c1ccc(C(=O)O)cc1. The molecule has 3 N–H and O–H groups in total. The lowest BCUT2D eigenvalue weighted by Gasteiger charge is -2.37. The Morgan fingerprint density at radius 2 is 1.71 bits per heavy atom. The number of hydrogen-bond acceptors (Lipinski definition) is 5. The Kier molecular flexibility index (Phi) is 7.25. The standard InChI is InChI=1S/C23H26N2O6/c1-16(17-7-9-18(10-8-17)21(27)28)24-22(29)23(11-13-30-14-12-23)25-20(26)15-31-19-5-3-2-4-6-19/h2-10,16H,11-15H2,1H3,(H,24,29)(H,25,26)(H,27,28)/t16-/m0/s1. The van der Waals surface area contributed by atoms with Crippen LogP contribution in [-0.2, 0) is 14.3 Å². The van der Waals surface area contributed by atoms with Crippen molar-refractivity contribution < 1.29 is 29.0 Å². The van der Waals surface area contributed by atoms with Crippen LogP contribution in [0.3, 0.4) is 0 Å². The lowest BCUT2D eigenvalue weighted by Crippen LogP contribution is -2.62. The summed E-state index contributed by atoms with van der Waals surface area (Å²) < 4.78 is 10.9.